The van der Waals surface area contributed by atoms with Crippen molar-refractivity contribution in [3.05, 3.63) is 0 Å². The van der Waals surface area contributed by atoms with E-state index in [0.717, 1.165) is 25.7 Å². The predicted molar refractivity (Wildman–Crippen MR) is 81.7 cm³/mol. The zero-order valence-electron chi connectivity index (χ0n) is 14.2. The fourth-order valence-corrected chi connectivity index (χ4v) is 2.22. The maximum absolute atomic E-state index is 12.1. The van der Waals surface area contributed by atoms with E-state index in [2.05, 4.69) is 0 Å². The van der Waals surface area contributed by atoms with Gasteiger partial charge in [-0.05, 0) is 32.1 Å². The quantitative estimate of drug-likeness (QED) is 0.573. The molecule has 1 rings (SSSR count). The predicted octanol–water partition coefficient (Wildman–Crippen LogP) is 3.73. The van der Waals surface area contributed by atoms with E-state index < -0.39 is 5.41 Å². The summed E-state index contributed by atoms with van der Waals surface area (Å²) in [7, 11) is 0. The number of hydrogen-bond donors (Lipinski definition) is 0. The molecule has 0 aliphatic heterocycles. The molecule has 0 amide bonds. The van der Waals surface area contributed by atoms with E-state index in [9.17, 15) is 9.59 Å². The first-order chi connectivity index (χ1) is 9.66. The molecule has 0 aromatic heterocycles. The Bertz CT molecular complexity index is 359. The summed E-state index contributed by atoms with van der Waals surface area (Å²) in [5.41, 5.74) is -0.747. The van der Waals surface area contributed by atoms with Gasteiger partial charge in [0.25, 0.3) is 0 Å². The van der Waals surface area contributed by atoms with E-state index in [1.165, 1.54) is 6.42 Å². The molecule has 0 spiro atoms. The van der Waals surface area contributed by atoms with Gasteiger partial charge in [-0.15, -0.1) is 0 Å². The fraction of sp³-hybridized carbons (Fsp3) is 0.882. The minimum atomic E-state index is -0.569. The minimum Gasteiger partial charge on any atom is -0.462 e. The summed E-state index contributed by atoms with van der Waals surface area (Å²) < 4.78 is 10.5. The molecule has 1 aliphatic carbocycles. The summed E-state index contributed by atoms with van der Waals surface area (Å²) in [5.74, 6) is -0.343. The van der Waals surface area contributed by atoms with Crippen LogP contribution in [-0.4, -0.2) is 25.2 Å². The normalized spacial score (nSPS) is 17.4. The first-order valence-electron chi connectivity index (χ1n) is 8.00. The second-order valence-electron chi connectivity index (χ2n) is 7.51. The summed E-state index contributed by atoms with van der Waals surface area (Å²) in [6, 6.07) is 0. The van der Waals surface area contributed by atoms with Crippen LogP contribution in [-0.2, 0) is 19.1 Å². The average Bonchev–Trinajstić information content (AvgIpc) is 2.42. The Morgan fingerprint density at radius 1 is 0.905 bits per heavy atom. The number of rotatable bonds is 5. The van der Waals surface area contributed by atoms with Gasteiger partial charge < -0.3 is 9.47 Å². The van der Waals surface area contributed by atoms with Crippen molar-refractivity contribution < 1.29 is 19.1 Å². The lowest BCUT2D eigenvalue weighted by Crippen LogP contribution is -2.39. The Labute approximate surface area is 128 Å². The lowest BCUT2D eigenvalue weighted by Gasteiger charge is -2.36. The Morgan fingerprint density at radius 3 is 1.95 bits per heavy atom. The van der Waals surface area contributed by atoms with Crippen molar-refractivity contribution in [2.24, 2.45) is 16.7 Å². The molecule has 0 aromatic rings. The standard InChI is InChI=1S/C17H30O4/c1-16(2,3)17(4,5)15(19)21-12-11-20-14(18)13-9-7-6-8-10-13/h13H,6-12H2,1-5H3. The largest absolute Gasteiger partial charge is 0.462 e. The highest BCUT2D eigenvalue weighted by Gasteiger charge is 2.41. The van der Waals surface area contributed by atoms with Gasteiger partial charge >= 0.3 is 11.9 Å². The van der Waals surface area contributed by atoms with E-state index >= 15 is 0 Å². The van der Waals surface area contributed by atoms with Crippen LogP contribution < -0.4 is 0 Å². The summed E-state index contributed by atoms with van der Waals surface area (Å²) in [6.07, 6.45) is 5.28. The average molecular weight is 298 g/mol. The number of hydrogen-bond acceptors (Lipinski definition) is 4. The molecule has 1 aliphatic rings. The molecular formula is C17H30O4. The van der Waals surface area contributed by atoms with Crippen molar-refractivity contribution in [3.8, 4) is 0 Å². The smallest absolute Gasteiger partial charge is 0.312 e. The first kappa shape index (κ1) is 18.0. The zero-order valence-corrected chi connectivity index (χ0v) is 14.2. The van der Waals surface area contributed by atoms with Crippen LogP contribution in [0.5, 0.6) is 0 Å². The number of carbonyl (C=O) groups excluding carboxylic acids is 2. The van der Waals surface area contributed by atoms with Crippen molar-refractivity contribution in [2.75, 3.05) is 13.2 Å². The van der Waals surface area contributed by atoms with Crippen LogP contribution in [0.3, 0.4) is 0 Å². The van der Waals surface area contributed by atoms with E-state index in [-0.39, 0.29) is 36.5 Å². The molecule has 1 fully saturated rings. The van der Waals surface area contributed by atoms with E-state index in [4.69, 9.17) is 9.47 Å². The van der Waals surface area contributed by atoms with E-state index in [1.807, 2.05) is 34.6 Å². The third-order valence-corrected chi connectivity index (χ3v) is 4.88. The van der Waals surface area contributed by atoms with Crippen molar-refractivity contribution in [1.29, 1.82) is 0 Å². The molecule has 0 aromatic carbocycles. The topological polar surface area (TPSA) is 52.6 Å². The maximum atomic E-state index is 12.1. The van der Waals surface area contributed by atoms with Crippen LogP contribution in [0.2, 0.25) is 0 Å². The third-order valence-electron chi connectivity index (χ3n) is 4.88. The second-order valence-corrected chi connectivity index (χ2v) is 7.51. The monoisotopic (exact) mass is 298 g/mol. The SMILES string of the molecule is CC(C)(C)C(C)(C)C(=O)OCCOC(=O)C1CCCCC1. The minimum absolute atomic E-state index is 0.0421. The summed E-state index contributed by atoms with van der Waals surface area (Å²) in [4.78, 5) is 23.9. The Balaban J connectivity index is 2.27. The van der Waals surface area contributed by atoms with Gasteiger partial charge in [-0.1, -0.05) is 40.0 Å². The van der Waals surface area contributed by atoms with E-state index in [1.54, 1.807) is 0 Å². The molecule has 0 heterocycles. The van der Waals surface area contributed by atoms with Crippen molar-refractivity contribution in [2.45, 2.75) is 66.7 Å². The van der Waals surface area contributed by atoms with Gasteiger partial charge in [0.15, 0.2) is 0 Å². The lowest BCUT2D eigenvalue weighted by atomic mass is 9.69. The Hall–Kier alpha value is -1.06. The van der Waals surface area contributed by atoms with Gasteiger partial charge in [0.1, 0.15) is 13.2 Å². The zero-order chi connectivity index (χ0) is 16.1. The highest BCUT2D eigenvalue weighted by molar-refractivity contribution is 5.77. The van der Waals surface area contributed by atoms with Crippen LogP contribution in [0.15, 0.2) is 0 Å². The van der Waals surface area contributed by atoms with Crippen LogP contribution >= 0.6 is 0 Å². The van der Waals surface area contributed by atoms with Crippen LogP contribution in [0.4, 0.5) is 0 Å². The van der Waals surface area contributed by atoms with Crippen molar-refractivity contribution in [3.63, 3.8) is 0 Å². The summed E-state index contributed by atoms with van der Waals surface area (Å²) in [5, 5.41) is 0. The van der Waals surface area contributed by atoms with Crippen LogP contribution in [0.1, 0.15) is 66.7 Å². The number of carbonyl (C=O) groups is 2. The molecule has 0 saturated heterocycles. The lowest BCUT2D eigenvalue weighted by molar-refractivity contribution is -0.165. The molecule has 122 valence electrons. The second kappa shape index (κ2) is 7.28. The van der Waals surface area contributed by atoms with E-state index in [0.29, 0.717) is 0 Å². The molecule has 0 unspecified atom stereocenters. The summed E-state index contributed by atoms with van der Waals surface area (Å²) in [6.45, 7) is 10.1. The van der Waals surface area contributed by atoms with Crippen LogP contribution in [0, 0.1) is 16.7 Å². The van der Waals surface area contributed by atoms with Gasteiger partial charge in [0, 0.05) is 0 Å². The van der Waals surface area contributed by atoms with Crippen LogP contribution in [0.25, 0.3) is 0 Å². The van der Waals surface area contributed by atoms with Crippen molar-refractivity contribution in [1.82, 2.24) is 0 Å². The molecule has 0 N–H and O–H groups in total. The van der Waals surface area contributed by atoms with Gasteiger partial charge in [-0.3, -0.25) is 9.59 Å². The molecule has 4 nitrogen and oxygen atoms in total. The van der Waals surface area contributed by atoms with Gasteiger partial charge in [0.2, 0.25) is 0 Å². The molecule has 0 radical (unpaired) electrons. The molecule has 4 heteroatoms. The Morgan fingerprint density at radius 2 is 1.43 bits per heavy atom. The van der Waals surface area contributed by atoms with Gasteiger partial charge in [-0.2, -0.15) is 0 Å². The molecule has 0 bridgehead atoms. The Kier molecular flexibility index (Phi) is 6.24. The summed E-state index contributed by atoms with van der Waals surface area (Å²) >= 11 is 0. The van der Waals surface area contributed by atoms with Crippen molar-refractivity contribution >= 4 is 11.9 Å². The third kappa shape index (κ3) is 5.01. The fourth-order valence-electron chi connectivity index (χ4n) is 2.22. The molecular weight excluding hydrogens is 268 g/mol. The number of ether oxygens (including phenoxy) is 2. The highest BCUT2D eigenvalue weighted by atomic mass is 16.6. The molecule has 0 atom stereocenters. The first-order valence-corrected chi connectivity index (χ1v) is 8.00. The van der Waals surface area contributed by atoms with Gasteiger partial charge in [0.05, 0.1) is 11.3 Å². The van der Waals surface area contributed by atoms with Gasteiger partial charge in [-0.25, -0.2) is 0 Å². The highest BCUT2D eigenvalue weighted by Crippen LogP contribution is 2.38. The molecule has 21 heavy (non-hydrogen) atoms. The molecule has 1 saturated carbocycles. The number of esters is 2. The maximum Gasteiger partial charge on any atom is 0.312 e.